The van der Waals surface area contributed by atoms with Gasteiger partial charge in [-0.2, -0.15) is 0 Å². The van der Waals surface area contributed by atoms with Crippen LogP contribution in [0.3, 0.4) is 0 Å². The van der Waals surface area contributed by atoms with Gasteiger partial charge in [-0.15, -0.1) is 0 Å². The summed E-state index contributed by atoms with van der Waals surface area (Å²) in [6.07, 6.45) is 0.108. The molecule has 25 heavy (non-hydrogen) atoms. The molecule has 0 bridgehead atoms. The second-order valence-electron chi connectivity index (χ2n) is 5.35. The molecule has 2 atom stereocenters. The van der Waals surface area contributed by atoms with Gasteiger partial charge in [-0.3, -0.25) is 19.7 Å². The summed E-state index contributed by atoms with van der Waals surface area (Å²) in [5, 5.41) is 20.2. The molecular weight excluding hydrogens is 344 g/mol. The zero-order chi connectivity index (χ0) is 18.7. The van der Waals surface area contributed by atoms with E-state index in [0.717, 1.165) is 6.07 Å². The molecule has 0 aromatic heterocycles. The van der Waals surface area contributed by atoms with E-state index in [1.165, 1.54) is 6.92 Å². The average molecular weight is 359 g/mol. The number of rotatable bonds is 7. The Labute approximate surface area is 140 Å². The minimum absolute atomic E-state index is 0.00209. The first kappa shape index (κ1) is 18.6. The van der Waals surface area contributed by atoms with Crippen LogP contribution >= 0.6 is 0 Å². The topological polar surface area (TPSA) is 116 Å². The molecule has 1 aromatic carbocycles. The summed E-state index contributed by atoms with van der Waals surface area (Å²) in [7, 11) is 0. The van der Waals surface area contributed by atoms with Gasteiger partial charge in [0.25, 0.3) is 0 Å². The highest BCUT2D eigenvalue weighted by atomic mass is 19.1. The van der Waals surface area contributed by atoms with Gasteiger partial charge in [0.05, 0.1) is 19.1 Å². The molecule has 0 amide bonds. The van der Waals surface area contributed by atoms with Crippen molar-refractivity contribution in [2.24, 2.45) is 5.92 Å². The van der Waals surface area contributed by atoms with Crippen LogP contribution in [0.25, 0.3) is 0 Å². The summed E-state index contributed by atoms with van der Waals surface area (Å²) in [4.78, 5) is 33.4. The Hall–Kier alpha value is -2.78. The normalized spacial score (nSPS) is 15.0. The van der Waals surface area contributed by atoms with Crippen LogP contribution in [0.1, 0.15) is 24.0 Å². The Balaban J connectivity index is 2.59. The van der Waals surface area contributed by atoms with E-state index < -0.39 is 52.4 Å². The standard InChI is InChI=1S/C15H15F2NO7/c1-2-24-15(21)12(14(19)20)8(6-18(22)23)11-9(16)5-10-7(13(11)17)3-4-25-10/h5,8,12H,2-4,6H2,1H3,(H,19,20). The molecule has 10 heteroatoms. The number of ether oxygens (including phenoxy) is 2. The molecule has 1 aliphatic heterocycles. The van der Waals surface area contributed by atoms with Crippen molar-refractivity contribution < 1.29 is 37.9 Å². The van der Waals surface area contributed by atoms with E-state index in [-0.39, 0.29) is 30.9 Å². The van der Waals surface area contributed by atoms with Crippen LogP contribution in [0.5, 0.6) is 5.75 Å². The van der Waals surface area contributed by atoms with Gasteiger partial charge in [0.2, 0.25) is 6.54 Å². The Morgan fingerprint density at radius 3 is 2.72 bits per heavy atom. The summed E-state index contributed by atoms with van der Waals surface area (Å²) in [6.45, 7) is 0.183. The lowest BCUT2D eigenvalue weighted by Gasteiger charge is -2.21. The maximum absolute atomic E-state index is 14.7. The van der Waals surface area contributed by atoms with Crippen molar-refractivity contribution >= 4 is 11.9 Å². The second kappa shape index (κ2) is 7.41. The van der Waals surface area contributed by atoms with Gasteiger partial charge in [0.15, 0.2) is 5.92 Å². The fraction of sp³-hybridized carbons (Fsp3) is 0.467. The molecule has 1 aliphatic rings. The monoisotopic (exact) mass is 359 g/mol. The quantitative estimate of drug-likeness (QED) is 0.340. The summed E-state index contributed by atoms with van der Waals surface area (Å²) in [6, 6.07) is 0.845. The molecule has 1 heterocycles. The fourth-order valence-electron chi connectivity index (χ4n) is 2.81. The number of benzene rings is 1. The van der Waals surface area contributed by atoms with Crippen molar-refractivity contribution in [3.8, 4) is 5.75 Å². The van der Waals surface area contributed by atoms with Crippen molar-refractivity contribution in [2.45, 2.75) is 19.3 Å². The largest absolute Gasteiger partial charge is 0.493 e. The molecule has 136 valence electrons. The minimum Gasteiger partial charge on any atom is -0.493 e. The zero-order valence-corrected chi connectivity index (χ0v) is 13.2. The maximum atomic E-state index is 14.7. The van der Waals surface area contributed by atoms with Crippen LogP contribution in [-0.2, 0) is 20.7 Å². The van der Waals surface area contributed by atoms with E-state index in [9.17, 15) is 33.6 Å². The third-order valence-corrected chi connectivity index (χ3v) is 3.85. The molecule has 0 saturated carbocycles. The Kier molecular flexibility index (Phi) is 5.50. The maximum Gasteiger partial charge on any atom is 0.321 e. The van der Waals surface area contributed by atoms with E-state index in [2.05, 4.69) is 4.74 Å². The Morgan fingerprint density at radius 2 is 2.16 bits per heavy atom. The predicted molar refractivity (Wildman–Crippen MR) is 77.9 cm³/mol. The number of halogens is 2. The Bertz CT molecular complexity index is 722. The molecule has 0 radical (unpaired) electrons. The van der Waals surface area contributed by atoms with Crippen LogP contribution in [0.4, 0.5) is 8.78 Å². The van der Waals surface area contributed by atoms with E-state index in [0.29, 0.717) is 0 Å². The number of carbonyl (C=O) groups is 2. The SMILES string of the molecule is CCOC(=O)C(C(=O)O)C(C[N+](=O)[O-])c1c(F)cc2c(c1F)CCO2. The van der Waals surface area contributed by atoms with Crippen molar-refractivity contribution in [1.29, 1.82) is 0 Å². The van der Waals surface area contributed by atoms with Crippen LogP contribution in [0.15, 0.2) is 6.07 Å². The number of nitrogens with zero attached hydrogens (tertiary/aromatic N) is 1. The number of hydrogen-bond acceptors (Lipinski definition) is 6. The molecular formula is C15H15F2NO7. The minimum atomic E-state index is -2.12. The molecule has 0 aliphatic carbocycles. The summed E-state index contributed by atoms with van der Waals surface area (Å²) >= 11 is 0. The third kappa shape index (κ3) is 3.67. The number of fused-ring (bicyclic) bond motifs is 1. The lowest BCUT2D eigenvalue weighted by atomic mass is 9.84. The average Bonchev–Trinajstić information content (AvgIpc) is 2.94. The number of carboxylic acid groups (broad SMARTS) is 1. The molecule has 0 spiro atoms. The van der Waals surface area contributed by atoms with Gasteiger partial charge >= 0.3 is 11.9 Å². The van der Waals surface area contributed by atoms with Gasteiger partial charge in [0.1, 0.15) is 17.4 Å². The first-order valence-corrected chi connectivity index (χ1v) is 7.42. The molecule has 1 aromatic rings. The number of aliphatic carboxylic acids is 1. The number of carboxylic acids is 1. The van der Waals surface area contributed by atoms with Gasteiger partial charge in [-0.1, -0.05) is 0 Å². The van der Waals surface area contributed by atoms with Gasteiger partial charge in [0, 0.05) is 28.5 Å². The first-order chi connectivity index (χ1) is 11.8. The van der Waals surface area contributed by atoms with Crippen molar-refractivity contribution in [3.63, 3.8) is 0 Å². The number of hydrogen-bond donors (Lipinski definition) is 1. The van der Waals surface area contributed by atoms with Crippen molar-refractivity contribution in [3.05, 3.63) is 38.9 Å². The van der Waals surface area contributed by atoms with Crippen LogP contribution in [-0.4, -0.2) is 41.7 Å². The lowest BCUT2D eigenvalue weighted by Crippen LogP contribution is -2.36. The Morgan fingerprint density at radius 1 is 1.48 bits per heavy atom. The van der Waals surface area contributed by atoms with Gasteiger partial charge in [-0.25, -0.2) is 8.78 Å². The predicted octanol–water partition coefficient (Wildman–Crippen LogP) is 1.52. The lowest BCUT2D eigenvalue weighted by molar-refractivity contribution is -0.484. The number of esters is 1. The first-order valence-electron chi connectivity index (χ1n) is 7.42. The molecule has 1 N–H and O–H groups in total. The highest BCUT2D eigenvalue weighted by Gasteiger charge is 2.44. The van der Waals surface area contributed by atoms with Crippen LogP contribution in [0, 0.1) is 27.7 Å². The molecule has 8 nitrogen and oxygen atoms in total. The number of carbonyl (C=O) groups excluding carboxylic acids is 1. The summed E-state index contributed by atoms with van der Waals surface area (Å²) in [5.74, 6) is -9.41. The van der Waals surface area contributed by atoms with E-state index in [4.69, 9.17) is 4.74 Å². The van der Waals surface area contributed by atoms with E-state index in [1.807, 2.05) is 0 Å². The van der Waals surface area contributed by atoms with Gasteiger partial charge < -0.3 is 14.6 Å². The fourth-order valence-corrected chi connectivity index (χ4v) is 2.81. The molecule has 2 unspecified atom stereocenters. The highest BCUT2D eigenvalue weighted by molar-refractivity contribution is 5.95. The third-order valence-electron chi connectivity index (χ3n) is 3.85. The smallest absolute Gasteiger partial charge is 0.321 e. The number of nitro groups is 1. The van der Waals surface area contributed by atoms with Crippen LogP contribution < -0.4 is 4.74 Å². The van der Waals surface area contributed by atoms with E-state index in [1.54, 1.807) is 0 Å². The van der Waals surface area contributed by atoms with Crippen molar-refractivity contribution in [2.75, 3.05) is 19.8 Å². The van der Waals surface area contributed by atoms with Gasteiger partial charge in [-0.05, 0) is 6.92 Å². The highest BCUT2D eigenvalue weighted by Crippen LogP contribution is 2.38. The molecule has 0 fully saturated rings. The molecule has 0 saturated heterocycles. The molecule has 2 rings (SSSR count). The second-order valence-corrected chi connectivity index (χ2v) is 5.35. The van der Waals surface area contributed by atoms with Crippen LogP contribution in [0.2, 0.25) is 0 Å². The summed E-state index contributed by atoms with van der Waals surface area (Å²) < 4.78 is 38.8. The summed E-state index contributed by atoms with van der Waals surface area (Å²) in [5.41, 5.74) is -0.820. The van der Waals surface area contributed by atoms with Crippen molar-refractivity contribution in [1.82, 2.24) is 0 Å². The van der Waals surface area contributed by atoms with E-state index >= 15 is 0 Å². The zero-order valence-electron chi connectivity index (χ0n) is 13.2.